The summed E-state index contributed by atoms with van der Waals surface area (Å²) in [5, 5.41) is 22.0. The number of aliphatic hydroxyl groups excluding tert-OH is 1. The van der Waals surface area contributed by atoms with Crippen molar-refractivity contribution >= 4 is 11.4 Å². The van der Waals surface area contributed by atoms with E-state index in [1.54, 1.807) is 27.7 Å². The minimum atomic E-state index is -0.819. The summed E-state index contributed by atoms with van der Waals surface area (Å²) in [7, 11) is 0. The molecule has 4 rings (SSSR count). The fourth-order valence-corrected chi connectivity index (χ4v) is 4.04. The van der Waals surface area contributed by atoms with Crippen molar-refractivity contribution in [3.63, 3.8) is 0 Å². The molecule has 0 unspecified atom stereocenters. The van der Waals surface area contributed by atoms with E-state index < -0.39 is 11.1 Å². The van der Waals surface area contributed by atoms with Gasteiger partial charge in [-0.15, -0.1) is 5.76 Å². The standard InChI is InChI=1S/2C14H20N2O2.H2O.Zn/c2*1-14(2,15)13(17)11-3-5-12(6-4-11)16-7-9-18-10-8-16;;/h2*3-6H,7-10,15H2,1-2H3;1H2;/q;;;+2/p+1. The molecule has 0 saturated carbocycles. The number of nitrogens with two attached hydrogens (primary N) is 2. The number of allylic oxidation sites excluding steroid dienone is 10. The summed E-state index contributed by atoms with van der Waals surface area (Å²) in [5.41, 5.74) is 13.9. The van der Waals surface area contributed by atoms with Gasteiger partial charge in [0.2, 0.25) is 0 Å². The van der Waals surface area contributed by atoms with Crippen LogP contribution in [-0.4, -0.2) is 94.8 Å². The van der Waals surface area contributed by atoms with Crippen molar-refractivity contribution in [1.29, 1.82) is 0 Å². The second kappa shape index (κ2) is 14.8. The molecule has 0 aromatic rings. The molecule has 7 N–H and O–H groups in total. The first kappa shape index (κ1) is 33.8. The molecule has 2 saturated heterocycles. The van der Waals surface area contributed by atoms with Gasteiger partial charge in [0.15, 0.2) is 37.6 Å². The van der Waals surface area contributed by atoms with Crippen LogP contribution in [0, 0.1) is 0 Å². The number of aliphatic hydroxyl groups is 1. The fourth-order valence-electron chi connectivity index (χ4n) is 4.04. The third-order valence-corrected chi connectivity index (χ3v) is 6.22. The maximum absolute atomic E-state index is 12.0. The van der Waals surface area contributed by atoms with E-state index in [4.69, 9.17) is 20.9 Å². The first-order valence-corrected chi connectivity index (χ1v) is 12.5. The molecule has 0 spiro atoms. The monoisotopic (exact) mass is 579 g/mol. The van der Waals surface area contributed by atoms with E-state index in [0.29, 0.717) is 5.57 Å². The van der Waals surface area contributed by atoms with Gasteiger partial charge in [-0.3, -0.25) is 0 Å². The third-order valence-electron chi connectivity index (χ3n) is 6.22. The number of rotatable bonds is 2. The van der Waals surface area contributed by atoms with Crippen molar-refractivity contribution in [2.75, 3.05) is 52.6 Å². The number of ether oxygens (including phenoxy) is 2. The first-order valence-electron chi connectivity index (χ1n) is 12.5. The number of hydrogen-bond donors (Lipinski definition) is 3. The van der Waals surface area contributed by atoms with Gasteiger partial charge >= 0.3 is 19.5 Å². The van der Waals surface area contributed by atoms with Crippen LogP contribution in [0.1, 0.15) is 27.7 Å². The van der Waals surface area contributed by atoms with Crippen molar-refractivity contribution in [1.82, 2.24) is 0 Å². The van der Waals surface area contributed by atoms with E-state index in [0.717, 1.165) is 69.6 Å². The molecule has 2 fully saturated rings. The Morgan fingerprint density at radius 3 is 1.37 bits per heavy atom. The summed E-state index contributed by atoms with van der Waals surface area (Å²) in [6.07, 6.45) is 15.5. The van der Waals surface area contributed by atoms with Gasteiger partial charge < -0.3 is 36.6 Å². The molecular formula is C28H43N4O5Zn+3. The van der Waals surface area contributed by atoms with E-state index in [2.05, 4.69) is 9.15 Å². The Balaban J connectivity index is 0.000000361. The minimum absolute atomic E-state index is 0. The SMILES string of the molecule is CC(C)(N)C(O)=C1C=CC(=[N+]2CCOCC2)C=C1.CC(C)(N)C([O-])=C1C=CC(=[N+]2CCOCC2)C=C1.O.[Zn+2]. The molecule has 0 bridgehead atoms. The smallest absolute Gasteiger partial charge is 0.874 e. The molecule has 0 aromatic carbocycles. The van der Waals surface area contributed by atoms with Gasteiger partial charge in [-0.05, 0) is 57.6 Å². The summed E-state index contributed by atoms with van der Waals surface area (Å²) in [5.74, 6) is 0.187. The van der Waals surface area contributed by atoms with Crippen molar-refractivity contribution in [3.8, 4) is 0 Å². The predicted molar refractivity (Wildman–Crippen MR) is 145 cm³/mol. The van der Waals surface area contributed by atoms with E-state index in [9.17, 15) is 10.2 Å². The molecule has 4 aliphatic rings. The largest absolute Gasteiger partial charge is 2.00 e. The van der Waals surface area contributed by atoms with Gasteiger partial charge in [-0.2, -0.15) is 0 Å². The zero-order valence-electron chi connectivity index (χ0n) is 23.2. The predicted octanol–water partition coefficient (Wildman–Crippen LogP) is 0.266. The van der Waals surface area contributed by atoms with Crippen molar-refractivity contribution in [2.24, 2.45) is 11.5 Å². The quantitative estimate of drug-likeness (QED) is 0.242. The molecule has 2 aliphatic carbocycles. The first-order chi connectivity index (χ1) is 17.0. The zero-order valence-corrected chi connectivity index (χ0v) is 26.2. The Hall–Kier alpha value is -2.20. The van der Waals surface area contributed by atoms with Gasteiger partial charge in [0.05, 0.1) is 5.54 Å². The minimum Gasteiger partial charge on any atom is -0.874 e. The molecule has 10 heteroatoms. The average Bonchev–Trinajstić information content (AvgIpc) is 2.88. The molecule has 2 heterocycles. The molecule has 0 amide bonds. The number of morpholine rings is 2. The molecule has 0 atom stereocenters. The number of nitrogens with zero attached hydrogens (tertiary/aromatic N) is 2. The van der Waals surface area contributed by atoms with Gasteiger partial charge in [-0.1, -0.05) is 0 Å². The molecule has 204 valence electrons. The van der Waals surface area contributed by atoms with Gasteiger partial charge in [0, 0.05) is 35.4 Å². The molecular weight excluding hydrogens is 538 g/mol. The Morgan fingerprint density at radius 1 is 0.711 bits per heavy atom. The summed E-state index contributed by atoms with van der Waals surface area (Å²) < 4.78 is 15.2. The molecule has 0 aromatic heterocycles. The maximum Gasteiger partial charge on any atom is 2.00 e. The van der Waals surface area contributed by atoms with Gasteiger partial charge in [0.25, 0.3) is 0 Å². The van der Waals surface area contributed by atoms with E-state index in [1.165, 1.54) is 0 Å². The zero-order chi connectivity index (χ0) is 26.3. The normalized spacial score (nSPS) is 19.4. The molecule has 38 heavy (non-hydrogen) atoms. The van der Waals surface area contributed by atoms with Crippen LogP contribution >= 0.6 is 0 Å². The Bertz CT molecular complexity index is 946. The Kier molecular flexibility index (Phi) is 13.2. The second-order valence-electron chi connectivity index (χ2n) is 10.4. The van der Waals surface area contributed by atoms with Crippen LogP contribution in [0.4, 0.5) is 0 Å². The van der Waals surface area contributed by atoms with E-state index >= 15 is 0 Å². The summed E-state index contributed by atoms with van der Waals surface area (Å²) in [6, 6.07) is 0. The van der Waals surface area contributed by atoms with Crippen LogP contribution in [0.25, 0.3) is 0 Å². The summed E-state index contributed by atoms with van der Waals surface area (Å²) in [4.78, 5) is 0. The van der Waals surface area contributed by atoms with Crippen LogP contribution in [0.15, 0.2) is 71.3 Å². The van der Waals surface area contributed by atoms with Crippen LogP contribution in [0.3, 0.4) is 0 Å². The van der Waals surface area contributed by atoms with Crippen molar-refractivity contribution < 1.29 is 53.8 Å². The van der Waals surface area contributed by atoms with Crippen molar-refractivity contribution in [3.05, 3.63) is 71.3 Å². The van der Waals surface area contributed by atoms with Gasteiger partial charge in [0.1, 0.15) is 32.2 Å². The molecule has 9 nitrogen and oxygen atoms in total. The fraction of sp³-hybridized carbons (Fsp3) is 0.500. The van der Waals surface area contributed by atoms with Crippen LogP contribution in [-0.2, 0) is 29.0 Å². The summed E-state index contributed by atoms with van der Waals surface area (Å²) in [6.45, 7) is 13.7. The summed E-state index contributed by atoms with van der Waals surface area (Å²) >= 11 is 0. The van der Waals surface area contributed by atoms with Gasteiger partial charge in [-0.25, -0.2) is 9.15 Å². The van der Waals surface area contributed by atoms with Crippen LogP contribution in [0.2, 0.25) is 0 Å². The molecule has 2 aliphatic heterocycles. The molecule has 0 radical (unpaired) electrons. The average molecular weight is 581 g/mol. The Morgan fingerprint density at radius 2 is 1.05 bits per heavy atom. The van der Waals surface area contributed by atoms with E-state index in [-0.39, 0.29) is 36.5 Å². The van der Waals surface area contributed by atoms with Crippen LogP contribution in [0.5, 0.6) is 0 Å². The van der Waals surface area contributed by atoms with Crippen LogP contribution < -0.4 is 16.6 Å². The second-order valence-corrected chi connectivity index (χ2v) is 10.4. The Labute approximate surface area is 239 Å². The van der Waals surface area contributed by atoms with Crippen molar-refractivity contribution in [2.45, 2.75) is 38.8 Å². The number of hydrogen-bond acceptors (Lipinski definition) is 6. The van der Waals surface area contributed by atoms with E-state index in [1.807, 2.05) is 48.6 Å². The maximum atomic E-state index is 12.0. The topological polar surface area (TPSA) is 151 Å². The third kappa shape index (κ3) is 9.52.